The van der Waals surface area contributed by atoms with Gasteiger partial charge >= 0.3 is 0 Å². The lowest BCUT2D eigenvalue weighted by atomic mass is 10.4. The second-order valence-electron chi connectivity index (χ2n) is 3.43. The molecule has 2 aromatic rings. The third kappa shape index (κ3) is 1.65. The third-order valence-corrected chi connectivity index (χ3v) is 3.28. The average molecular weight is 237 g/mol. The molecule has 0 spiro atoms. The number of thioether (sulfide) groups is 1. The summed E-state index contributed by atoms with van der Waals surface area (Å²) in [6, 6.07) is 4.07. The van der Waals surface area contributed by atoms with Crippen molar-refractivity contribution in [2.24, 2.45) is 0 Å². The van der Waals surface area contributed by atoms with Crippen LogP contribution in [0.1, 0.15) is 13.8 Å². The van der Waals surface area contributed by atoms with Gasteiger partial charge in [0.25, 0.3) is 11.0 Å². The molecule has 16 heavy (non-hydrogen) atoms. The van der Waals surface area contributed by atoms with Gasteiger partial charge in [0, 0.05) is 0 Å². The van der Waals surface area contributed by atoms with E-state index in [4.69, 9.17) is 0 Å². The zero-order valence-electron chi connectivity index (χ0n) is 9.90. The molecule has 0 atom stereocenters. The van der Waals surface area contributed by atoms with Gasteiger partial charge in [0.05, 0.1) is 19.3 Å². The first-order valence-corrected chi connectivity index (χ1v) is 6.73. The maximum atomic E-state index is 4.40. The zero-order chi connectivity index (χ0) is 11.5. The lowest BCUT2D eigenvalue weighted by Crippen LogP contribution is -2.36. The van der Waals surface area contributed by atoms with E-state index in [-0.39, 0.29) is 0 Å². The van der Waals surface area contributed by atoms with Crippen molar-refractivity contribution < 1.29 is 4.57 Å². The quantitative estimate of drug-likeness (QED) is 0.650. The number of fused-ring (bicyclic) bond motifs is 1. The SMILES string of the molecule is CCNc1c2cccnn2c(SC)[n+]1CC. The highest BCUT2D eigenvalue weighted by atomic mass is 32.2. The average Bonchev–Trinajstić information content (AvgIpc) is 2.63. The maximum Gasteiger partial charge on any atom is 0.289 e. The molecule has 0 bridgehead atoms. The highest BCUT2D eigenvalue weighted by Crippen LogP contribution is 2.20. The van der Waals surface area contributed by atoms with Gasteiger partial charge in [-0.3, -0.25) is 0 Å². The number of nitrogens with one attached hydrogen (secondary N) is 1. The first-order chi connectivity index (χ1) is 7.83. The minimum atomic E-state index is 0.919. The summed E-state index contributed by atoms with van der Waals surface area (Å²) < 4.78 is 4.25. The van der Waals surface area contributed by atoms with E-state index in [2.05, 4.69) is 41.2 Å². The van der Waals surface area contributed by atoms with Gasteiger partial charge in [0.1, 0.15) is 0 Å². The van der Waals surface area contributed by atoms with E-state index in [9.17, 15) is 0 Å². The molecule has 0 saturated carbocycles. The summed E-state index contributed by atoms with van der Waals surface area (Å²) in [5.74, 6) is 1.16. The third-order valence-electron chi connectivity index (χ3n) is 2.52. The molecule has 2 heterocycles. The molecular formula is C11H17N4S+. The molecule has 0 aliphatic rings. The van der Waals surface area contributed by atoms with Crippen LogP contribution in [0.5, 0.6) is 0 Å². The van der Waals surface area contributed by atoms with Gasteiger partial charge in [-0.25, -0.2) is 4.57 Å². The summed E-state index contributed by atoms with van der Waals surface area (Å²) in [5, 5.41) is 8.97. The van der Waals surface area contributed by atoms with Crippen molar-refractivity contribution >= 4 is 23.1 Å². The molecule has 0 saturated heterocycles. The van der Waals surface area contributed by atoms with Crippen molar-refractivity contribution in [1.29, 1.82) is 0 Å². The van der Waals surface area contributed by atoms with E-state index in [1.54, 1.807) is 11.8 Å². The van der Waals surface area contributed by atoms with E-state index in [1.165, 1.54) is 0 Å². The van der Waals surface area contributed by atoms with Gasteiger partial charge in [-0.15, -0.1) is 9.61 Å². The number of rotatable bonds is 4. The summed E-state index contributed by atoms with van der Waals surface area (Å²) in [6.45, 7) is 6.13. The Morgan fingerprint density at radius 3 is 2.94 bits per heavy atom. The van der Waals surface area contributed by atoms with Gasteiger partial charge in [-0.05, 0) is 32.2 Å². The Kier molecular flexibility index (Phi) is 3.33. The van der Waals surface area contributed by atoms with E-state index < -0.39 is 0 Å². The Balaban J connectivity index is 2.73. The fourth-order valence-electron chi connectivity index (χ4n) is 1.90. The topological polar surface area (TPSA) is 33.2 Å². The number of imidazole rings is 1. The van der Waals surface area contributed by atoms with Crippen LogP contribution in [-0.2, 0) is 6.54 Å². The molecule has 0 aliphatic heterocycles. The van der Waals surface area contributed by atoms with Gasteiger partial charge in [-0.1, -0.05) is 11.8 Å². The van der Waals surface area contributed by atoms with Crippen molar-refractivity contribution in [2.45, 2.75) is 25.5 Å². The second-order valence-corrected chi connectivity index (χ2v) is 4.20. The Labute approximate surface area is 99.7 Å². The minimum absolute atomic E-state index is 0.919. The number of hydrogen-bond donors (Lipinski definition) is 1. The van der Waals surface area contributed by atoms with Crippen molar-refractivity contribution in [3.05, 3.63) is 18.3 Å². The predicted octanol–water partition coefficient (Wildman–Crippen LogP) is 1.80. The van der Waals surface area contributed by atoms with E-state index >= 15 is 0 Å². The molecule has 5 heteroatoms. The Morgan fingerprint density at radius 2 is 2.31 bits per heavy atom. The van der Waals surface area contributed by atoms with Gasteiger partial charge < -0.3 is 5.32 Å². The minimum Gasteiger partial charge on any atom is -0.303 e. The first kappa shape index (κ1) is 11.3. The lowest BCUT2D eigenvalue weighted by Gasteiger charge is -2.00. The Hall–Kier alpha value is -1.23. The number of aromatic nitrogens is 3. The van der Waals surface area contributed by atoms with Crippen molar-refractivity contribution in [2.75, 3.05) is 18.1 Å². The molecule has 0 amide bonds. The van der Waals surface area contributed by atoms with Crippen LogP contribution >= 0.6 is 11.8 Å². The van der Waals surface area contributed by atoms with Crippen LogP contribution in [0, 0.1) is 0 Å². The summed E-state index contributed by atoms with van der Waals surface area (Å²) in [4.78, 5) is 0. The van der Waals surface area contributed by atoms with Gasteiger partial charge in [0.2, 0.25) is 0 Å². The van der Waals surface area contributed by atoms with E-state index in [1.807, 2.05) is 16.8 Å². The summed E-state index contributed by atoms with van der Waals surface area (Å²) in [5.41, 5.74) is 1.13. The van der Waals surface area contributed by atoms with Crippen LogP contribution in [0.4, 0.5) is 5.82 Å². The number of anilines is 1. The van der Waals surface area contributed by atoms with Gasteiger partial charge in [-0.2, -0.15) is 0 Å². The van der Waals surface area contributed by atoms with Crippen LogP contribution in [0.2, 0.25) is 0 Å². The van der Waals surface area contributed by atoms with Gasteiger partial charge in [0.15, 0.2) is 5.52 Å². The molecule has 0 aliphatic carbocycles. The standard InChI is InChI=1S/C11H17N4S/c1-4-12-10-9-7-6-8-13-15(9)11(16-3)14(10)5-2/h6-8,12H,4-5H2,1-3H3/q+1. The summed E-state index contributed by atoms with van der Waals surface area (Å²) in [6.07, 6.45) is 3.90. The Bertz CT molecular complexity index is 492. The molecule has 2 aromatic heterocycles. The molecule has 0 unspecified atom stereocenters. The maximum absolute atomic E-state index is 4.40. The molecule has 86 valence electrons. The van der Waals surface area contributed by atoms with Crippen LogP contribution < -0.4 is 9.88 Å². The molecule has 0 radical (unpaired) electrons. The molecule has 4 nitrogen and oxygen atoms in total. The van der Waals surface area contributed by atoms with Crippen molar-refractivity contribution in [3.8, 4) is 0 Å². The van der Waals surface area contributed by atoms with Crippen molar-refractivity contribution in [3.63, 3.8) is 0 Å². The van der Waals surface area contributed by atoms with Crippen molar-refractivity contribution in [1.82, 2.24) is 9.61 Å². The number of hydrogen-bond acceptors (Lipinski definition) is 3. The highest BCUT2D eigenvalue weighted by molar-refractivity contribution is 7.98. The molecule has 2 rings (SSSR count). The molecule has 0 aromatic carbocycles. The predicted molar refractivity (Wildman–Crippen MR) is 67.0 cm³/mol. The lowest BCUT2D eigenvalue weighted by molar-refractivity contribution is -0.716. The second kappa shape index (κ2) is 4.74. The van der Waals surface area contributed by atoms with Crippen LogP contribution in [0.15, 0.2) is 23.5 Å². The highest BCUT2D eigenvalue weighted by Gasteiger charge is 2.22. The molecular weight excluding hydrogens is 220 g/mol. The fraction of sp³-hybridized carbons (Fsp3) is 0.455. The zero-order valence-corrected chi connectivity index (χ0v) is 10.7. The summed E-state index contributed by atoms with van der Waals surface area (Å²) >= 11 is 1.72. The normalized spacial score (nSPS) is 10.9. The van der Waals surface area contributed by atoms with Crippen LogP contribution in [-0.4, -0.2) is 22.4 Å². The van der Waals surface area contributed by atoms with Crippen LogP contribution in [0.3, 0.4) is 0 Å². The van der Waals surface area contributed by atoms with E-state index in [0.717, 1.165) is 29.6 Å². The summed E-state index contributed by atoms with van der Waals surface area (Å²) in [7, 11) is 0. The molecule has 0 fully saturated rings. The molecule has 1 N–H and O–H groups in total. The van der Waals surface area contributed by atoms with E-state index in [0.29, 0.717) is 0 Å². The monoisotopic (exact) mass is 237 g/mol. The number of nitrogens with zero attached hydrogens (tertiary/aromatic N) is 3. The largest absolute Gasteiger partial charge is 0.303 e. The Morgan fingerprint density at radius 1 is 1.50 bits per heavy atom. The first-order valence-electron chi connectivity index (χ1n) is 5.50. The fourth-order valence-corrected chi connectivity index (χ4v) is 2.65. The smallest absolute Gasteiger partial charge is 0.289 e. The van der Waals surface area contributed by atoms with Crippen LogP contribution in [0.25, 0.3) is 5.52 Å².